The molecule has 4 heteroatoms. The Bertz CT molecular complexity index is 451. The maximum Gasteiger partial charge on any atom is 0.235 e. The van der Waals surface area contributed by atoms with Crippen molar-refractivity contribution in [2.45, 2.75) is 31.7 Å². The quantitative estimate of drug-likeness (QED) is 0.559. The topological polar surface area (TPSA) is 29.4 Å². The largest absolute Gasteiger partial charge is 0.235 e. The van der Waals surface area contributed by atoms with E-state index in [-0.39, 0.29) is 5.56 Å². The van der Waals surface area contributed by atoms with Gasteiger partial charge < -0.3 is 0 Å². The Morgan fingerprint density at radius 1 is 1.31 bits per heavy atom. The van der Waals surface area contributed by atoms with Gasteiger partial charge in [0, 0.05) is 5.56 Å². The van der Waals surface area contributed by atoms with Crippen molar-refractivity contribution in [1.29, 1.82) is 0 Å². The molecule has 0 aliphatic heterocycles. The van der Waals surface area contributed by atoms with Crippen LogP contribution in [-0.4, -0.2) is 6.08 Å². The van der Waals surface area contributed by atoms with Crippen molar-refractivity contribution in [1.82, 2.24) is 0 Å². The van der Waals surface area contributed by atoms with E-state index in [0.29, 0.717) is 18.4 Å². The molecule has 0 radical (unpaired) electrons. The van der Waals surface area contributed by atoms with Gasteiger partial charge in [-0.05, 0) is 43.9 Å². The Labute approximate surface area is 92.0 Å². The second-order valence-corrected chi connectivity index (χ2v) is 4.15. The number of benzene rings is 1. The van der Waals surface area contributed by atoms with Crippen molar-refractivity contribution in [2.24, 2.45) is 4.99 Å². The summed E-state index contributed by atoms with van der Waals surface area (Å²) in [4.78, 5) is 14.0. The van der Waals surface area contributed by atoms with E-state index < -0.39 is 17.2 Å². The summed E-state index contributed by atoms with van der Waals surface area (Å²) in [5.74, 6) is -1.19. The van der Waals surface area contributed by atoms with Crippen molar-refractivity contribution in [2.75, 3.05) is 0 Å². The third-order valence-corrected chi connectivity index (χ3v) is 3.26. The summed E-state index contributed by atoms with van der Waals surface area (Å²) >= 11 is 0. The zero-order valence-corrected chi connectivity index (χ0v) is 8.89. The van der Waals surface area contributed by atoms with Crippen LogP contribution in [0.2, 0.25) is 0 Å². The van der Waals surface area contributed by atoms with Crippen LogP contribution in [0.5, 0.6) is 0 Å². The van der Waals surface area contributed by atoms with Crippen LogP contribution in [0.25, 0.3) is 0 Å². The molecule has 0 bridgehead atoms. The molecule has 1 aliphatic carbocycles. The average Bonchev–Trinajstić information content (AvgIpc) is 2.19. The van der Waals surface area contributed by atoms with Gasteiger partial charge in [0.25, 0.3) is 0 Å². The molecule has 0 unspecified atom stereocenters. The van der Waals surface area contributed by atoms with Gasteiger partial charge in [-0.15, -0.1) is 0 Å². The minimum absolute atomic E-state index is 0.00620. The van der Waals surface area contributed by atoms with E-state index in [2.05, 4.69) is 4.99 Å². The Morgan fingerprint density at radius 3 is 2.25 bits per heavy atom. The lowest BCUT2D eigenvalue weighted by Gasteiger charge is -2.37. The van der Waals surface area contributed by atoms with Crippen LogP contribution in [0.4, 0.5) is 8.78 Å². The van der Waals surface area contributed by atoms with Crippen molar-refractivity contribution >= 4 is 6.08 Å². The van der Waals surface area contributed by atoms with E-state index in [4.69, 9.17) is 0 Å². The average molecular weight is 223 g/mol. The monoisotopic (exact) mass is 223 g/mol. The predicted molar refractivity (Wildman–Crippen MR) is 54.7 cm³/mol. The molecule has 0 amide bonds. The van der Waals surface area contributed by atoms with Crippen LogP contribution in [0.3, 0.4) is 0 Å². The van der Waals surface area contributed by atoms with Crippen LogP contribution in [-0.2, 0) is 10.3 Å². The van der Waals surface area contributed by atoms with E-state index in [0.717, 1.165) is 6.42 Å². The maximum atomic E-state index is 13.4. The first-order valence-electron chi connectivity index (χ1n) is 5.14. The van der Waals surface area contributed by atoms with E-state index in [1.54, 1.807) is 0 Å². The zero-order valence-electron chi connectivity index (χ0n) is 8.89. The first-order valence-corrected chi connectivity index (χ1v) is 5.14. The van der Waals surface area contributed by atoms with Gasteiger partial charge in [-0.25, -0.2) is 13.6 Å². The maximum absolute atomic E-state index is 13.4. The number of hydrogen-bond acceptors (Lipinski definition) is 2. The fourth-order valence-corrected chi connectivity index (χ4v) is 1.98. The first-order chi connectivity index (χ1) is 7.59. The van der Waals surface area contributed by atoms with Crippen LogP contribution in [0, 0.1) is 18.6 Å². The highest BCUT2D eigenvalue weighted by molar-refractivity contribution is 5.40. The smallest absolute Gasteiger partial charge is 0.211 e. The van der Waals surface area contributed by atoms with Crippen LogP contribution >= 0.6 is 0 Å². The third kappa shape index (κ3) is 1.55. The summed E-state index contributed by atoms with van der Waals surface area (Å²) in [5.41, 5.74) is -0.312. The summed E-state index contributed by atoms with van der Waals surface area (Å²) in [6, 6.07) is 2.52. The Kier molecular flexibility index (Phi) is 2.60. The van der Waals surface area contributed by atoms with Crippen molar-refractivity contribution in [3.63, 3.8) is 0 Å². The molecule has 16 heavy (non-hydrogen) atoms. The Hall–Kier alpha value is -1.54. The van der Waals surface area contributed by atoms with Crippen LogP contribution in [0.15, 0.2) is 17.1 Å². The molecular weight excluding hydrogens is 212 g/mol. The van der Waals surface area contributed by atoms with Gasteiger partial charge in [0.1, 0.15) is 11.6 Å². The van der Waals surface area contributed by atoms with E-state index in [1.165, 1.54) is 25.1 Å². The molecule has 2 rings (SSSR count). The lowest BCUT2D eigenvalue weighted by Crippen LogP contribution is -2.32. The van der Waals surface area contributed by atoms with Crippen molar-refractivity contribution in [3.05, 3.63) is 34.9 Å². The molecule has 0 N–H and O–H groups in total. The normalized spacial score (nSPS) is 17.4. The summed E-state index contributed by atoms with van der Waals surface area (Å²) in [7, 11) is 0. The van der Waals surface area contributed by atoms with Crippen LogP contribution < -0.4 is 0 Å². The molecule has 0 saturated heterocycles. The molecule has 0 atom stereocenters. The molecule has 1 aliphatic rings. The van der Waals surface area contributed by atoms with Gasteiger partial charge >= 0.3 is 0 Å². The molecule has 1 saturated carbocycles. The summed E-state index contributed by atoms with van der Waals surface area (Å²) in [6.07, 6.45) is 3.68. The SMILES string of the molecule is Cc1c(F)cc(C2(N=C=O)CCC2)cc1F. The van der Waals surface area contributed by atoms with E-state index >= 15 is 0 Å². The third-order valence-electron chi connectivity index (χ3n) is 3.26. The lowest BCUT2D eigenvalue weighted by molar-refractivity contribution is 0.254. The number of aliphatic imine (C=N–C) groups is 1. The minimum Gasteiger partial charge on any atom is -0.211 e. The number of isocyanates is 1. The molecule has 0 aromatic heterocycles. The molecule has 1 aromatic rings. The molecule has 84 valence electrons. The standard InChI is InChI=1S/C12H11F2NO/c1-8-10(13)5-9(6-11(8)14)12(15-7-16)3-2-4-12/h5-6H,2-4H2,1H3. The summed E-state index contributed by atoms with van der Waals surface area (Å²) in [5, 5.41) is 0. The molecular formula is C12H11F2NO. The highest BCUT2D eigenvalue weighted by Gasteiger charge is 2.39. The van der Waals surface area contributed by atoms with Crippen molar-refractivity contribution < 1.29 is 13.6 Å². The number of carbonyl (C=O) groups excluding carboxylic acids is 1. The Balaban J connectivity index is 2.51. The second-order valence-electron chi connectivity index (χ2n) is 4.15. The second kappa shape index (κ2) is 3.80. The van der Waals surface area contributed by atoms with E-state index in [1.807, 2.05) is 0 Å². The fraction of sp³-hybridized carbons (Fsp3) is 0.417. The highest BCUT2D eigenvalue weighted by Crippen LogP contribution is 2.45. The van der Waals surface area contributed by atoms with Crippen LogP contribution in [0.1, 0.15) is 30.4 Å². The number of nitrogens with zero attached hydrogens (tertiary/aromatic N) is 1. The first kappa shape index (κ1) is 11.0. The van der Waals surface area contributed by atoms with E-state index in [9.17, 15) is 13.6 Å². The fourth-order valence-electron chi connectivity index (χ4n) is 1.98. The summed E-state index contributed by atoms with van der Waals surface area (Å²) in [6.45, 7) is 1.38. The predicted octanol–water partition coefficient (Wildman–Crippen LogP) is 2.99. The van der Waals surface area contributed by atoms with Gasteiger partial charge in [-0.3, -0.25) is 0 Å². The van der Waals surface area contributed by atoms with Gasteiger partial charge in [-0.2, -0.15) is 4.99 Å². The van der Waals surface area contributed by atoms with Gasteiger partial charge in [0.2, 0.25) is 6.08 Å². The summed E-state index contributed by atoms with van der Waals surface area (Å²) < 4.78 is 26.8. The van der Waals surface area contributed by atoms with Gasteiger partial charge in [0.05, 0.1) is 5.54 Å². The van der Waals surface area contributed by atoms with Crippen molar-refractivity contribution in [3.8, 4) is 0 Å². The Morgan fingerprint density at radius 2 is 1.88 bits per heavy atom. The molecule has 1 aromatic carbocycles. The van der Waals surface area contributed by atoms with Gasteiger partial charge in [0.15, 0.2) is 0 Å². The molecule has 1 fully saturated rings. The number of halogens is 2. The molecule has 0 spiro atoms. The molecule has 0 heterocycles. The molecule has 2 nitrogen and oxygen atoms in total. The number of rotatable bonds is 2. The lowest BCUT2D eigenvalue weighted by atomic mass is 9.72. The minimum atomic E-state index is -0.739. The zero-order chi connectivity index (χ0) is 11.8. The van der Waals surface area contributed by atoms with Gasteiger partial charge in [-0.1, -0.05) is 0 Å². The number of hydrogen-bond donors (Lipinski definition) is 0. The highest BCUT2D eigenvalue weighted by atomic mass is 19.1.